The Kier molecular flexibility index (Phi) is 13.2. The number of carbonyl (C=O) groups is 3. The van der Waals surface area contributed by atoms with Gasteiger partial charge < -0.3 is 26.7 Å². The van der Waals surface area contributed by atoms with E-state index in [2.05, 4.69) is 57.4 Å². The Hall–Kier alpha value is -3.98. The molecule has 0 aliphatic carbocycles. The normalized spacial score (nSPS) is 19.3. The van der Waals surface area contributed by atoms with Crippen molar-refractivity contribution >= 4 is 58.1 Å². The molecule has 0 spiro atoms. The summed E-state index contributed by atoms with van der Waals surface area (Å²) in [5.74, 6) is -0.902. The van der Waals surface area contributed by atoms with Crippen LogP contribution in [-0.4, -0.2) is 53.5 Å². The van der Waals surface area contributed by atoms with Gasteiger partial charge in [0.05, 0.1) is 0 Å². The summed E-state index contributed by atoms with van der Waals surface area (Å²) in [6.45, 7) is 3.87. The van der Waals surface area contributed by atoms with Crippen molar-refractivity contribution in [3.05, 3.63) is 59.7 Å². The van der Waals surface area contributed by atoms with Crippen LogP contribution in [0.25, 0.3) is 21.8 Å². The van der Waals surface area contributed by atoms with Gasteiger partial charge in [-0.05, 0) is 81.0 Å². The number of nitrogens with two attached hydrogens (primary N) is 1. The van der Waals surface area contributed by atoms with Crippen LogP contribution >= 0.6 is 12.4 Å². The van der Waals surface area contributed by atoms with Crippen LogP contribution in [0.2, 0.25) is 0 Å². The molecule has 3 atom stereocenters. The van der Waals surface area contributed by atoms with E-state index in [1.807, 2.05) is 19.1 Å². The molecule has 0 saturated heterocycles. The number of carbonyl (C=O) groups excluding carboxylic acids is 5. The Morgan fingerprint density at radius 1 is 0.976 bits per heavy atom. The van der Waals surface area contributed by atoms with Crippen LogP contribution in [0.4, 0.5) is 0 Å². The number of amides is 3. The van der Waals surface area contributed by atoms with Gasteiger partial charge in [-0.25, -0.2) is 0 Å². The van der Waals surface area contributed by atoms with E-state index in [0.29, 0.717) is 32.2 Å². The predicted molar refractivity (Wildman–Crippen MR) is 159 cm³/mol. The van der Waals surface area contributed by atoms with Gasteiger partial charge in [0, 0.05) is 41.2 Å². The molecule has 4 rings (SSSR count). The van der Waals surface area contributed by atoms with Gasteiger partial charge in [-0.3, -0.25) is 14.4 Å². The number of nitrogens with one attached hydrogen (secondary N) is 4. The fraction of sp³-hybridized carbons (Fsp3) is 0.400. The van der Waals surface area contributed by atoms with Crippen molar-refractivity contribution in [2.75, 3.05) is 6.54 Å². The Morgan fingerprint density at radius 2 is 1.61 bits per heavy atom. The summed E-state index contributed by atoms with van der Waals surface area (Å²) in [7, 11) is 0. The quantitative estimate of drug-likeness (QED) is 0.229. The van der Waals surface area contributed by atoms with E-state index >= 15 is 0 Å². The second-order valence-corrected chi connectivity index (χ2v) is 10.1. The highest BCUT2D eigenvalue weighted by atomic mass is 35.5. The molecule has 3 aromatic rings. The smallest absolute Gasteiger partial charge is 0.355 e. The minimum atomic E-state index is -0.806. The highest BCUT2D eigenvalue weighted by Crippen LogP contribution is 2.28. The van der Waals surface area contributed by atoms with E-state index < -0.39 is 12.1 Å². The molecule has 1 unspecified atom stereocenters. The van der Waals surface area contributed by atoms with E-state index in [9.17, 15) is 14.4 Å². The molecule has 1 aliphatic rings. The van der Waals surface area contributed by atoms with Gasteiger partial charge in [-0.2, -0.15) is 9.59 Å². The summed E-state index contributed by atoms with van der Waals surface area (Å²) in [5.41, 5.74) is 9.84. The summed E-state index contributed by atoms with van der Waals surface area (Å²) in [4.78, 5) is 58.2. The number of unbranched alkanes of at least 4 members (excludes halogenated alkanes) is 1. The van der Waals surface area contributed by atoms with Crippen molar-refractivity contribution in [2.45, 2.75) is 70.5 Å². The van der Waals surface area contributed by atoms with E-state index in [1.54, 1.807) is 0 Å². The molecule has 0 saturated carbocycles. The molecule has 4 bridgehead atoms. The SMILES string of the molecule is CC(=O)NC1Cc2ccc3[nH]c4ccc(cc4c3c2)CC=CC[C@@H](C)NC(=O)[C@@H](CCCCN)NC1=O.Cl.O=C=O. The molecule has 220 valence electrons. The van der Waals surface area contributed by atoms with E-state index in [1.165, 1.54) is 12.5 Å². The van der Waals surface area contributed by atoms with Gasteiger partial charge >= 0.3 is 6.15 Å². The van der Waals surface area contributed by atoms with Crippen LogP contribution in [0.15, 0.2) is 48.6 Å². The summed E-state index contributed by atoms with van der Waals surface area (Å²) < 4.78 is 0. The summed E-state index contributed by atoms with van der Waals surface area (Å²) in [6.07, 6.45) is 8.21. The van der Waals surface area contributed by atoms with Crippen LogP contribution in [-0.2, 0) is 36.8 Å². The van der Waals surface area contributed by atoms with Crippen molar-refractivity contribution in [2.24, 2.45) is 5.73 Å². The van der Waals surface area contributed by atoms with Gasteiger partial charge in [0.2, 0.25) is 17.7 Å². The Bertz CT molecular complexity index is 1410. The molecular formula is C30H38ClN5O5. The lowest BCUT2D eigenvalue weighted by Crippen LogP contribution is -2.55. The lowest BCUT2D eigenvalue weighted by molar-refractivity contribution is -0.191. The second-order valence-electron chi connectivity index (χ2n) is 10.1. The molecule has 0 fully saturated rings. The fourth-order valence-corrected chi connectivity index (χ4v) is 4.89. The van der Waals surface area contributed by atoms with E-state index in [-0.39, 0.29) is 42.3 Å². The molecule has 1 aliphatic heterocycles. The zero-order valence-corrected chi connectivity index (χ0v) is 24.1. The van der Waals surface area contributed by atoms with Gasteiger partial charge in [0.1, 0.15) is 12.1 Å². The maximum absolute atomic E-state index is 13.4. The first-order valence-corrected chi connectivity index (χ1v) is 13.5. The number of aromatic nitrogens is 1. The van der Waals surface area contributed by atoms with Crippen molar-refractivity contribution in [1.82, 2.24) is 20.9 Å². The number of H-pyrrole nitrogens is 1. The number of aromatic amines is 1. The molecular weight excluding hydrogens is 546 g/mol. The molecule has 10 nitrogen and oxygen atoms in total. The third-order valence-corrected chi connectivity index (χ3v) is 6.84. The van der Waals surface area contributed by atoms with E-state index in [0.717, 1.165) is 40.2 Å². The number of rotatable bonds is 5. The number of hydrogen-bond donors (Lipinski definition) is 5. The third-order valence-electron chi connectivity index (χ3n) is 6.84. The summed E-state index contributed by atoms with van der Waals surface area (Å²) in [5, 5.41) is 10.9. The van der Waals surface area contributed by atoms with Crippen LogP contribution in [0.3, 0.4) is 0 Å². The molecule has 3 amide bonds. The highest BCUT2D eigenvalue weighted by molar-refractivity contribution is 6.07. The van der Waals surface area contributed by atoms with Gasteiger partial charge in [0.25, 0.3) is 0 Å². The molecule has 11 heteroatoms. The first-order chi connectivity index (χ1) is 19.2. The van der Waals surface area contributed by atoms with Crippen molar-refractivity contribution in [1.29, 1.82) is 0 Å². The van der Waals surface area contributed by atoms with Crippen LogP contribution < -0.4 is 21.7 Å². The molecule has 2 aromatic carbocycles. The standard InChI is InChI=1S/C29H37N5O3.CO2.ClH/c1-18-7-3-4-8-20-10-12-24-22(15-20)23-16-21(11-13-25(23)33-24)17-27(32-19(2)35)29(37)34-26(28(36)31-18)9-5-6-14-30;2-1-3;/h3-4,10-13,15-16,18,26-27,33H,5-9,14,17,30H2,1-2H3,(H,31,36)(H,32,35)(H,34,37);;1H/t18-,26-,27?;;/m1../s1. The first kappa shape index (κ1) is 33.2. The Balaban J connectivity index is 0.00000141. The number of halogens is 1. The average Bonchev–Trinajstić information content (AvgIpc) is 3.27. The van der Waals surface area contributed by atoms with Crippen LogP contribution in [0.1, 0.15) is 50.7 Å². The number of allylic oxidation sites excluding steroid dienone is 1. The zero-order chi connectivity index (χ0) is 29.1. The summed E-state index contributed by atoms with van der Waals surface area (Å²) in [6, 6.07) is 10.9. The largest absolute Gasteiger partial charge is 0.373 e. The number of benzene rings is 2. The van der Waals surface area contributed by atoms with Crippen LogP contribution in [0.5, 0.6) is 0 Å². The second kappa shape index (κ2) is 16.3. The van der Waals surface area contributed by atoms with Crippen molar-refractivity contribution in [3.63, 3.8) is 0 Å². The Labute approximate surface area is 245 Å². The van der Waals surface area contributed by atoms with Crippen LogP contribution in [0, 0.1) is 0 Å². The number of hydrogen-bond acceptors (Lipinski definition) is 6. The molecule has 1 aromatic heterocycles. The minimum absolute atomic E-state index is 0. The monoisotopic (exact) mass is 583 g/mol. The molecule has 2 heterocycles. The molecule has 41 heavy (non-hydrogen) atoms. The van der Waals surface area contributed by atoms with Gasteiger partial charge in [-0.15, -0.1) is 12.4 Å². The highest BCUT2D eigenvalue weighted by Gasteiger charge is 2.27. The molecule has 6 N–H and O–H groups in total. The lowest BCUT2D eigenvalue weighted by atomic mass is 10.0. The topological polar surface area (TPSA) is 163 Å². The average molecular weight is 584 g/mol. The zero-order valence-electron chi connectivity index (χ0n) is 23.3. The fourth-order valence-electron chi connectivity index (χ4n) is 4.89. The minimum Gasteiger partial charge on any atom is -0.355 e. The van der Waals surface area contributed by atoms with Crippen molar-refractivity contribution < 1.29 is 24.0 Å². The van der Waals surface area contributed by atoms with Gasteiger partial charge in [0.15, 0.2) is 0 Å². The third kappa shape index (κ3) is 9.56. The lowest BCUT2D eigenvalue weighted by Gasteiger charge is -2.24. The first-order valence-electron chi connectivity index (χ1n) is 13.5. The maximum atomic E-state index is 13.4. The molecule has 0 radical (unpaired) electrons. The van der Waals surface area contributed by atoms with E-state index in [4.69, 9.17) is 15.3 Å². The predicted octanol–water partition coefficient (Wildman–Crippen LogP) is 2.83. The van der Waals surface area contributed by atoms with Crippen molar-refractivity contribution in [3.8, 4) is 0 Å². The van der Waals surface area contributed by atoms with Gasteiger partial charge in [-0.1, -0.05) is 24.3 Å². The Morgan fingerprint density at radius 3 is 2.24 bits per heavy atom. The maximum Gasteiger partial charge on any atom is 0.373 e. The number of fused-ring (bicyclic) bond motifs is 2. The summed E-state index contributed by atoms with van der Waals surface area (Å²) >= 11 is 0.